The summed E-state index contributed by atoms with van der Waals surface area (Å²) in [6, 6.07) is 12.3. The number of imidazole rings is 1. The van der Waals surface area contributed by atoms with Crippen LogP contribution in [0.2, 0.25) is 5.02 Å². The Morgan fingerprint density at radius 2 is 2.08 bits per heavy atom. The van der Waals surface area contributed by atoms with E-state index >= 15 is 0 Å². The van der Waals surface area contributed by atoms with E-state index < -0.39 is 0 Å². The molecule has 1 aromatic heterocycles. The molecular weight excluding hydrogens is 340 g/mol. The van der Waals surface area contributed by atoms with Crippen LogP contribution in [-0.2, 0) is 11.3 Å². The summed E-state index contributed by atoms with van der Waals surface area (Å²) in [5, 5.41) is 14.4. The molecule has 3 aromatic rings. The van der Waals surface area contributed by atoms with Gasteiger partial charge >= 0.3 is 0 Å². The Morgan fingerprint density at radius 1 is 1.32 bits per heavy atom. The number of rotatable bonds is 4. The molecule has 25 heavy (non-hydrogen) atoms. The number of carbonyl (C=O) groups is 1. The molecule has 0 aliphatic heterocycles. The van der Waals surface area contributed by atoms with Crippen molar-refractivity contribution in [2.45, 2.75) is 20.4 Å². The number of aromatic nitrogens is 2. The van der Waals surface area contributed by atoms with Gasteiger partial charge in [0.05, 0.1) is 16.7 Å². The van der Waals surface area contributed by atoms with Crippen molar-refractivity contribution >= 4 is 34.3 Å². The minimum Gasteiger partial charge on any atom is -0.507 e. The number of amides is 1. The molecule has 0 aliphatic carbocycles. The molecule has 0 radical (unpaired) electrons. The van der Waals surface area contributed by atoms with E-state index in [1.165, 1.54) is 6.07 Å². The van der Waals surface area contributed by atoms with Gasteiger partial charge in [0.1, 0.15) is 18.1 Å². The summed E-state index contributed by atoms with van der Waals surface area (Å²) in [6.07, 6.45) is 0. The van der Waals surface area contributed by atoms with Crippen LogP contribution in [0.4, 0.5) is 0 Å². The van der Waals surface area contributed by atoms with Crippen LogP contribution >= 0.6 is 11.6 Å². The lowest BCUT2D eigenvalue weighted by Crippen LogP contribution is -2.24. The van der Waals surface area contributed by atoms with Gasteiger partial charge in [-0.1, -0.05) is 23.7 Å². The minimum atomic E-state index is -0.285. The van der Waals surface area contributed by atoms with Gasteiger partial charge in [-0.2, -0.15) is 5.10 Å². The van der Waals surface area contributed by atoms with Gasteiger partial charge in [-0.25, -0.2) is 10.4 Å². The van der Waals surface area contributed by atoms with Crippen LogP contribution in [0.25, 0.3) is 11.0 Å². The van der Waals surface area contributed by atoms with Crippen molar-refractivity contribution in [3.8, 4) is 5.75 Å². The van der Waals surface area contributed by atoms with Crippen LogP contribution in [0.3, 0.4) is 0 Å². The molecule has 0 atom stereocenters. The van der Waals surface area contributed by atoms with Crippen LogP contribution in [0, 0.1) is 6.92 Å². The summed E-state index contributed by atoms with van der Waals surface area (Å²) in [6.45, 7) is 3.64. The monoisotopic (exact) mass is 356 g/mol. The zero-order valence-electron chi connectivity index (χ0n) is 13.8. The van der Waals surface area contributed by atoms with E-state index in [2.05, 4.69) is 15.5 Å². The highest BCUT2D eigenvalue weighted by Gasteiger charge is 2.11. The van der Waals surface area contributed by atoms with Crippen LogP contribution in [-0.4, -0.2) is 26.3 Å². The molecule has 2 aromatic carbocycles. The Labute approximate surface area is 149 Å². The highest BCUT2D eigenvalue weighted by Crippen LogP contribution is 2.22. The highest BCUT2D eigenvalue weighted by molar-refractivity contribution is 6.31. The predicted molar refractivity (Wildman–Crippen MR) is 97.9 cm³/mol. The third kappa shape index (κ3) is 3.64. The second kappa shape index (κ2) is 6.94. The summed E-state index contributed by atoms with van der Waals surface area (Å²) in [5.41, 5.74) is 5.17. The van der Waals surface area contributed by atoms with Crippen molar-refractivity contribution in [2.75, 3.05) is 0 Å². The first-order valence-electron chi connectivity index (χ1n) is 7.69. The van der Waals surface area contributed by atoms with Crippen molar-refractivity contribution in [1.82, 2.24) is 15.0 Å². The molecule has 0 unspecified atom stereocenters. The predicted octanol–water partition coefficient (Wildman–Crippen LogP) is 3.24. The van der Waals surface area contributed by atoms with E-state index in [1.807, 2.05) is 35.8 Å². The van der Waals surface area contributed by atoms with Crippen LogP contribution < -0.4 is 5.43 Å². The normalized spacial score (nSPS) is 11.7. The van der Waals surface area contributed by atoms with Gasteiger partial charge in [-0.3, -0.25) is 4.79 Å². The fourth-order valence-electron chi connectivity index (χ4n) is 2.58. The molecule has 0 bridgehead atoms. The minimum absolute atomic E-state index is 0.0522. The van der Waals surface area contributed by atoms with Gasteiger partial charge < -0.3 is 9.67 Å². The summed E-state index contributed by atoms with van der Waals surface area (Å²) in [7, 11) is 0. The van der Waals surface area contributed by atoms with E-state index in [4.69, 9.17) is 11.6 Å². The Hall–Kier alpha value is -2.86. The number of nitrogens with one attached hydrogen (secondary N) is 1. The number of halogens is 1. The summed E-state index contributed by atoms with van der Waals surface area (Å²) < 4.78 is 1.83. The smallest absolute Gasteiger partial charge is 0.260 e. The fraction of sp³-hybridized carbons (Fsp3) is 0.167. The summed E-state index contributed by atoms with van der Waals surface area (Å²) >= 11 is 5.93. The van der Waals surface area contributed by atoms with Crippen LogP contribution in [0.5, 0.6) is 5.75 Å². The van der Waals surface area contributed by atoms with Gasteiger partial charge in [0.15, 0.2) is 0 Å². The number of phenolic OH excluding ortho intramolecular Hbond substituents is 1. The van der Waals surface area contributed by atoms with E-state index in [9.17, 15) is 9.90 Å². The number of hydrogen-bond acceptors (Lipinski definition) is 4. The standard InChI is InChI=1S/C18H17ClN4O2/c1-11(14-9-13(19)7-8-17(14)24)21-22-18(25)10-23-12(2)20-15-5-3-4-6-16(15)23/h3-9,24H,10H2,1-2H3,(H,22,25)/b21-11+. The molecule has 1 heterocycles. The lowest BCUT2D eigenvalue weighted by molar-refractivity contribution is -0.121. The van der Waals surface area contributed by atoms with E-state index in [0.29, 0.717) is 16.3 Å². The molecule has 0 fully saturated rings. The third-order valence-electron chi connectivity index (χ3n) is 3.84. The topological polar surface area (TPSA) is 79.5 Å². The lowest BCUT2D eigenvalue weighted by Gasteiger charge is -2.07. The van der Waals surface area contributed by atoms with Gasteiger partial charge in [-0.15, -0.1) is 0 Å². The molecule has 6 nitrogen and oxygen atoms in total. The maximum atomic E-state index is 12.2. The lowest BCUT2D eigenvalue weighted by atomic mass is 10.1. The molecule has 7 heteroatoms. The van der Waals surface area contributed by atoms with E-state index in [1.54, 1.807) is 19.1 Å². The summed E-state index contributed by atoms with van der Waals surface area (Å²) in [5.74, 6) is 0.521. The number of benzene rings is 2. The first kappa shape index (κ1) is 17.0. The average Bonchev–Trinajstić information content (AvgIpc) is 2.90. The molecule has 0 spiro atoms. The van der Waals surface area contributed by atoms with Gasteiger partial charge in [0.25, 0.3) is 5.91 Å². The van der Waals surface area contributed by atoms with E-state index in [0.717, 1.165) is 16.9 Å². The number of fused-ring (bicyclic) bond motifs is 1. The number of para-hydroxylation sites is 2. The Kier molecular flexibility index (Phi) is 4.72. The molecule has 2 N–H and O–H groups in total. The number of nitrogens with zero attached hydrogens (tertiary/aromatic N) is 3. The molecule has 0 saturated carbocycles. The second-order valence-electron chi connectivity index (χ2n) is 5.63. The zero-order valence-corrected chi connectivity index (χ0v) is 14.6. The highest BCUT2D eigenvalue weighted by atomic mass is 35.5. The number of hydrazone groups is 1. The van der Waals surface area contributed by atoms with Crippen molar-refractivity contribution in [3.05, 3.63) is 58.9 Å². The number of aromatic hydroxyl groups is 1. The molecule has 0 aliphatic rings. The number of phenols is 1. The number of aryl methyl sites for hydroxylation is 1. The van der Waals surface area contributed by atoms with Crippen LogP contribution in [0.1, 0.15) is 18.3 Å². The Bertz CT molecular complexity index is 978. The quantitative estimate of drug-likeness (QED) is 0.556. The maximum Gasteiger partial charge on any atom is 0.260 e. The second-order valence-corrected chi connectivity index (χ2v) is 6.06. The average molecular weight is 357 g/mol. The van der Waals surface area contributed by atoms with Crippen molar-refractivity contribution in [1.29, 1.82) is 0 Å². The maximum absolute atomic E-state index is 12.2. The van der Waals surface area contributed by atoms with Gasteiger partial charge in [0.2, 0.25) is 0 Å². The Morgan fingerprint density at radius 3 is 2.88 bits per heavy atom. The van der Waals surface area contributed by atoms with Gasteiger partial charge in [0, 0.05) is 10.6 Å². The van der Waals surface area contributed by atoms with E-state index in [-0.39, 0.29) is 18.2 Å². The molecule has 0 saturated heterocycles. The number of hydrogen-bond donors (Lipinski definition) is 2. The Balaban J connectivity index is 1.76. The first-order valence-corrected chi connectivity index (χ1v) is 8.07. The van der Waals surface area contributed by atoms with Crippen molar-refractivity contribution < 1.29 is 9.90 Å². The fourth-order valence-corrected chi connectivity index (χ4v) is 2.75. The molecule has 1 amide bonds. The third-order valence-corrected chi connectivity index (χ3v) is 4.08. The largest absolute Gasteiger partial charge is 0.507 e. The zero-order chi connectivity index (χ0) is 18.0. The van der Waals surface area contributed by atoms with Crippen LogP contribution in [0.15, 0.2) is 47.6 Å². The van der Waals surface area contributed by atoms with Crippen molar-refractivity contribution in [3.63, 3.8) is 0 Å². The number of carbonyl (C=O) groups excluding carboxylic acids is 1. The van der Waals surface area contributed by atoms with Crippen molar-refractivity contribution in [2.24, 2.45) is 5.10 Å². The van der Waals surface area contributed by atoms with Gasteiger partial charge in [-0.05, 0) is 44.2 Å². The first-order chi connectivity index (χ1) is 12.0. The SMILES string of the molecule is C/C(=N\NC(=O)Cn1c(C)nc2ccccc21)c1cc(Cl)ccc1O. The molecular formula is C18H17ClN4O2. The summed E-state index contributed by atoms with van der Waals surface area (Å²) in [4.78, 5) is 16.7. The molecule has 128 valence electrons. The molecule has 3 rings (SSSR count).